The summed E-state index contributed by atoms with van der Waals surface area (Å²) in [5, 5.41) is 1.84. The number of pyridine rings is 1. The molecule has 2 aromatic heterocycles. The van der Waals surface area contributed by atoms with E-state index >= 15 is 0 Å². The summed E-state index contributed by atoms with van der Waals surface area (Å²) >= 11 is 6.15. The summed E-state index contributed by atoms with van der Waals surface area (Å²) in [4.78, 5) is 7.52. The molecule has 0 aliphatic carbocycles. The summed E-state index contributed by atoms with van der Waals surface area (Å²) in [6.07, 6.45) is 1.77. The second-order valence-corrected chi connectivity index (χ2v) is 4.01. The van der Waals surface area contributed by atoms with Gasteiger partial charge in [0.05, 0.1) is 0 Å². The molecular formula is C13H9ClN2. The van der Waals surface area contributed by atoms with Gasteiger partial charge < -0.3 is 4.98 Å². The number of halogens is 1. The van der Waals surface area contributed by atoms with Crippen molar-refractivity contribution in [3.8, 4) is 11.3 Å². The molecule has 3 aromatic rings. The number of H-pyrrole nitrogens is 1. The SMILES string of the molecule is Clc1ccccc1-c1cc2cccnc2[nH]1. The van der Waals surface area contributed by atoms with Gasteiger partial charge in [-0.15, -0.1) is 0 Å². The van der Waals surface area contributed by atoms with E-state index < -0.39 is 0 Å². The highest BCUT2D eigenvalue weighted by atomic mass is 35.5. The second-order valence-electron chi connectivity index (χ2n) is 3.60. The first-order chi connectivity index (χ1) is 7.84. The van der Waals surface area contributed by atoms with Crippen LogP contribution in [0.2, 0.25) is 5.02 Å². The van der Waals surface area contributed by atoms with Crippen LogP contribution in [0.25, 0.3) is 22.3 Å². The third kappa shape index (κ3) is 1.48. The van der Waals surface area contributed by atoms with E-state index in [0.717, 1.165) is 27.3 Å². The van der Waals surface area contributed by atoms with Gasteiger partial charge in [-0.3, -0.25) is 0 Å². The van der Waals surface area contributed by atoms with Crippen LogP contribution in [0.5, 0.6) is 0 Å². The van der Waals surface area contributed by atoms with Gasteiger partial charge in [0.25, 0.3) is 0 Å². The fourth-order valence-electron chi connectivity index (χ4n) is 1.78. The van der Waals surface area contributed by atoms with Crippen LogP contribution in [-0.4, -0.2) is 9.97 Å². The maximum atomic E-state index is 6.15. The lowest BCUT2D eigenvalue weighted by molar-refractivity contribution is 1.32. The van der Waals surface area contributed by atoms with E-state index in [1.165, 1.54) is 0 Å². The average molecular weight is 229 g/mol. The Bertz CT molecular complexity index is 610. The molecule has 0 unspecified atom stereocenters. The van der Waals surface area contributed by atoms with Crippen molar-refractivity contribution in [2.24, 2.45) is 0 Å². The quantitative estimate of drug-likeness (QED) is 0.673. The number of nitrogens with one attached hydrogen (secondary N) is 1. The highest BCUT2D eigenvalue weighted by Gasteiger charge is 2.06. The van der Waals surface area contributed by atoms with Gasteiger partial charge in [0.2, 0.25) is 0 Å². The molecule has 0 radical (unpaired) electrons. The van der Waals surface area contributed by atoms with E-state index in [0.29, 0.717) is 0 Å². The number of aromatic amines is 1. The molecule has 0 aliphatic heterocycles. The van der Waals surface area contributed by atoms with Crippen LogP contribution in [-0.2, 0) is 0 Å². The van der Waals surface area contributed by atoms with Gasteiger partial charge in [-0.1, -0.05) is 29.8 Å². The molecule has 0 aliphatic rings. The first-order valence-corrected chi connectivity index (χ1v) is 5.41. The Morgan fingerprint density at radius 3 is 2.75 bits per heavy atom. The Morgan fingerprint density at radius 2 is 1.94 bits per heavy atom. The van der Waals surface area contributed by atoms with Crippen molar-refractivity contribution < 1.29 is 0 Å². The van der Waals surface area contributed by atoms with Crippen molar-refractivity contribution in [2.45, 2.75) is 0 Å². The van der Waals surface area contributed by atoms with Gasteiger partial charge in [-0.05, 0) is 24.3 Å². The second kappa shape index (κ2) is 3.65. The van der Waals surface area contributed by atoms with Crippen molar-refractivity contribution >= 4 is 22.6 Å². The maximum Gasteiger partial charge on any atom is 0.137 e. The van der Waals surface area contributed by atoms with Crippen molar-refractivity contribution in [3.63, 3.8) is 0 Å². The molecule has 0 fully saturated rings. The normalized spacial score (nSPS) is 10.8. The summed E-state index contributed by atoms with van der Waals surface area (Å²) in [6.45, 7) is 0. The van der Waals surface area contributed by atoms with Crippen LogP contribution in [0, 0.1) is 0 Å². The summed E-state index contributed by atoms with van der Waals surface area (Å²) < 4.78 is 0. The van der Waals surface area contributed by atoms with Crippen LogP contribution in [0.3, 0.4) is 0 Å². The van der Waals surface area contributed by atoms with Gasteiger partial charge >= 0.3 is 0 Å². The molecule has 78 valence electrons. The number of rotatable bonds is 1. The van der Waals surface area contributed by atoms with E-state index in [-0.39, 0.29) is 0 Å². The van der Waals surface area contributed by atoms with Crippen LogP contribution in [0.15, 0.2) is 48.7 Å². The zero-order valence-electron chi connectivity index (χ0n) is 8.44. The lowest BCUT2D eigenvalue weighted by Gasteiger charge is -1.99. The summed E-state index contributed by atoms with van der Waals surface area (Å²) in [5.41, 5.74) is 2.89. The summed E-state index contributed by atoms with van der Waals surface area (Å²) in [7, 11) is 0. The predicted molar refractivity (Wildman–Crippen MR) is 66.5 cm³/mol. The molecule has 2 nitrogen and oxygen atoms in total. The van der Waals surface area contributed by atoms with E-state index in [1.54, 1.807) is 6.20 Å². The monoisotopic (exact) mass is 228 g/mol. The zero-order valence-corrected chi connectivity index (χ0v) is 9.20. The van der Waals surface area contributed by atoms with E-state index in [9.17, 15) is 0 Å². The minimum atomic E-state index is 0.744. The topological polar surface area (TPSA) is 28.7 Å². The van der Waals surface area contributed by atoms with Gasteiger partial charge in [0.15, 0.2) is 0 Å². The first kappa shape index (κ1) is 9.43. The number of fused-ring (bicyclic) bond motifs is 1. The number of nitrogens with zero attached hydrogens (tertiary/aromatic N) is 1. The Labute approximate surface area is 97.9 Å². The molecular weight excluding hydrogens is 220 g/mol. The molecule has 2 heterocycles. The lowest BCUT2D eigenvalue weighted by Crippen LogP contribution is -1.78. The van der Waals surface area contributed by atoms with Gasteiger partial charge in [-0.2, -0.15) is 0 Å². The molecule has 3 rings (SSSR count). The van der Waals surface area contributed by atoms with Crippen molar-refractivity contribution in [3.05, 3.63) is 53.7 Å². The average Bonchev–Trinajstić information content (AvgIpc) is 2.73. The predicted octanol–water partition coefficient (Wildman–Crippen LogP) is 3.88. The molecule has 0 atom stereocenters. The third-order valence-electron chi connectivity index (χ3n) is 2.56. The number of hydrogen-bond acceptors (Lipinski definition) is 1. The molecule has 3 heteroatoms. The molecule has 1 N–H and O–H groups in total. The smallest absolute Gasteiger partial charge is 0.137 e. The third-order valence-corrected chi connectivity index (χ3v) is 2.89. The van der Waals surface area contributed by atoms with Gasteiger partial charge in [0.1, 0.15) is 5.65 Å². The largest absolute Gasteiger partial charge is 0.339 e. The fraction of sp³-hybridized carbons (Fsp3) is 0. The van der Waals surface area contributed by atoms with Crippen molar-refractivity contribution in [2.75, 3.05) is 0 Å². The molecule has 0 spiro atoms. The number of hydrogen-bond donors (Lipinski definition) is 1. The summed E-state index contributed by atoms with van der Waals surface area (Å²) in [5.74, 6) is 0. The molecule has 0 amide bonds. The molecule has 0 saturated heterocycles. The van der Waals surface area contributed by atoms with Crippen LogP contribution < -0.4 is 0 Å². The maximum absolute atomic E-state index is 6.15. The highest BCUT2D eigenvalue weighted by molar-refractivity contribution is 6.33. The number of benzene rings is 1. The Balaban J connectivity index is 2.23. The summed E-state index contributed by atoms with van der Waals surface area (Å²) in [6, 6.07) is 13.8. The van der Waals surface area contributed by atoms with Crippen LogP contribution in [0.4, 0.5) is 0 Å². The Hall–Kier alpha value is -1.80. The van der Waals surface area contributed by atoms with Crippen molar-refractivity contribution in [1.29, 1.82) is 0 Å². The first-order valence-electron chi connectivity index (χ1n) is 5.03. The van der Waals surface area contributed by atoms with Crippen LogP contribution >= 0.6 is 11.6 Å². The van der Waals surface area contributed by atoms with Gasteiger partial charge in [0, 0.05) is 27.9 Å². The molecule has 0 saturated carbocycles. The van der Waals surface area contributed by atoms with Crippen molar-refractivity contribution in [1.82, 2.24) is 9.97 Å². The lowest BCUT2D eigenvalue weighted by atomic mass is 10.1. The minimum absolute atomic E-state index is 0.744. The van der Waals surface area contributed by atoms with Gasteiger partial charge in [-0.25, -0.2) is 4.98 Å². The zero-order chi connectivity index (χ0) is 11.0. The number of aromatic nitrogens is 2. The van der Waals surface area contributed by atoms with E-state index in [1.807, 2.05) is 36.4 Å². The standard InChI is InChI=1S/C13H9ClN2/c14-11-6-2-1-5-10(11)12-8-9-4-3-7-15-13(9)16-12/h1-8H,(H,15,16). The van der Waals surface area contributed by atoms with E-state index in [2.05, 4.69) is 16.0 Å². The Kier molecular flexibility index (Phi) is 2.15. The van der Waals surface area contributed by atoms with E-state index in [4.69, 9.17) is 11.6 Å². The molecule has 1 aromatic carbocycles. The fourth-order valence-corrected chi connectivity index (χ4v) is 2.02. The Morgan fingerprint density at radius 1 is 1.06 bits per heavy atom. The highest BCUT2D eigenvalue weighted by Crippen LogP contribution is 2.28. The minimum Gasteiger partial charge on any atom is -0.339 e. The van der Waals surface area contributed by atoms with Crippen LogP contribution in [0.1, 0.15) is 0 Å². The molecule has 16 heavy (non-hydrogen) atoms. The molecule has 0 bridgehead atoms.